The van der Waals surface area contributed by atoms with Gasteiger partial charge in [0.15, 0.2) is 0 Å². The van der Waals surface area contributed by atoms with Gasteiger partial charge >= 0.3 is 5.69 Å². The van der Waals surface area contributed by atoms with Crippen molar-refractivity contribution in [3.63, 3.8) is 0 Å². The highest BCUT2D eigenvalue weighted by molar-refractivity contribution is 7.99. The van der Waals surface area contributed by atoms with Crippen molar-refractivity contribution in [3.8, 4) is 12.3 Å². The minimum Gasteiger partial charge on any atom is -0.300 e. The van der Waals surface area contributed by atoms with Crippen LogP contribution in [-0.4, -0.2) is 15.7 Å². The van der Waals surface area contributed by atoms with Crippen LogP contribution in [0.2, 0.25) is 0 Å². The van der Waals surface area contributed by atoms with Crippen molar-refractivity contribution >= 4 is 11.8 Å². The molecule has 0 aliphatic heterocycles. The van der Waals surface area contributed by atoms with Crippen molar-refractivity contribution in [3.05, 3.63) is 22.2 Å². The Bertz CT molecular complexity index is 364. The Morgan fingerprint density at radius 3 is 3.25 bits per heavy atom. The lowest BCUT2D eigenvalue weighted by atomic mass is 10.4. The summed E-state index contributed by atoms with van der Waals surface area (Å²) >= 11 is 1.43. The average molecular weight is 180 g/mol. The molecule has 0 fully saturated rings. The van der Waals surface area contributed by atoms with Crippen molar-refractivity contribution < 1.29 is 0 Å². The van der Waals surface area contributed by atoms with Crippen LogP contribution in [0.25, 0.3) is 0 Å². The molecule has 1 rings (SSSR count). The van der Waals surface area contributed by atoms with Crippen LogP contribution in [0.1, 0.15) is 5.56 Å². The summed E-state index contributed by atoms with van der Waals surface area (Å²) in [6.45, 7) is 1.88. The first-order chi connectivity index (χ1) is 5.74. The zero-order valence-corrected chi connectivity index (χ0v) is 7.44. The van der Waals surface area contributed by atoms with Gasteiger partial charge in [0.05, 0.1) is 10.8 Å². The van der Waals surface area contributed by atoms with Gasteiger partial charge < -0.3 is 4.98 Å². The van der Waals surface area contributed by atoms with Gasteiger partial charge in [-0.3, -0.25) is 0 Å². The summed E-state index contributed by atoms with van der Waals surface area (Å²) in [5, 5.41) is 0.799. The molecular formula is C8H8N2OS. The molecule has 12 heavy (non-hydrogen) atoms. The second kappa shape index (κ2) is 3.98. The fourth-order valence-corrected chi connectivity index (χ4v) is 1.37. The maximum Gasteiger partial charge on any atom is 0.345 e. The van der Waals surface area contributed by atoms with Gasteiger partial charge in [-0.15, -0.1) is 6.42 Å². The molecule has 0 aromatic carbocycles. The lowest BCUT2D eigenvalue weighted by Crippen LogP contribution is -2.10. The zero-order chi connectivity index (χ0) is 8.97. The summed E-state index contributed by atoms with van der Waals surface area (Å²) in [4.78, 5) is 17.0. The number of aromatic nitrogens is 2. The van der Waals surface area contributed by atoms with E-state index in [0.29, 0.717) is 5.75 Å². The minimum absolute atomic E-state index is 0.333. The lowest BCUT2D eigenvalue weighted by Gasteiger charge is -1.99. The quantitative estimate of drug-likeness (QED) is 0.416. The number of nitrogens with zero attached hydrogens (tertiary/aromatic N) is 1. The molecule has 0 amide bonds. The summed E-state index contributed by atoms with van der Waals surface area (Å²) < 4.78 is 0. The Morgan fingerprint density at radius 2 is 2.58 bits per heavy atom. The van der Waals surface area contributed by atoms with Crippen LogP contribution in [0, 0.1) is 19.3 Å². The van der Waals surface area contributed by atoms with Gasteiger partial charge in [-0.25, -0.2) is 9.78 Å². The highest BCUT2D eigenvalue weighted by atomic mass is 32.2. The topological polar surface area (TPSA) is 45.8 Å². The summed E-state index contributed by atoms with van der Waals surface area (Å²) in [5.74, 6) is 3.04. The predicted molar refractivity (Wildman–Crippen MR) is 49.2 cm³/mol. The number of rotatable bonds is 2. The summed E-state index contributed by atoms with van der Waals surface area (Å²) in [5.41, 5.74) is 0.606. The number of terminal acetylenes is 1. The summed E-state index contributed by atoms with van der Waals surface area (Å²) in [6.07, 6.45) is 6.63. The van der Waals surface area contributed by atoms with E-state index in [1.54, 1.807) is 0 Å². The third kappa shape index (κ3) is 2.14. The van der Waals surface area contributed by atoms with E-state index in [1.165, 1.54) is 18.0 Å². The standard InChI is InChI=1S/C8H8N2OS/c1-3-4-12-7-6(2)5-9-8(11)10-7/h1,5H,4H2,2H3,(H,9,10,11). The van der Waals surface area contributed by atoms with Crippen LogP contribution in [0.4, 0.5) is 0 Å². The third-order valence-electron chi connectivity index (χ3n) is 1.25. The maximum absolute atomic E-state index is 10.8. The molecule has 62 valence electrons. The monoisotopic (exact) mass is 180 g/mol. The van der Waals surface area contributed by atoms with Gasteiger partial charge in [0, 0.05) is 6.20 Å². The molecule has 3 nitrogen and oxygen atoms in total. The van der Waals surface area contributed by atoms with E-state index in [2.05, 4.69) is 15.9 Å². The van der Waals surface area contributed by atoms with Crippen LogP contribution in [0.5, 0.6) is 0 Å². The fourth-order valence-electron chi connectivity index (χ4n) is 0.706. The van der Waals surface area contributed by atoms with Crippen LogP contribution in [0.3, 0.4) is 0 Å². The summed E-state index contributed by atoms with van der Waals surface area (Å²) in [6, 6.07) is 0. The first-order valence-electron chi connectivity index (χ1n) is 3.36. The Morgan fingerprint density at radius 1 is 1.83 bits per heavy atom. The molecule has 4 heteroatoms. The molecule has 1 heterocycles. The van der Waals surface area contributed by atoms with Crippen LogP contribution >= 0.6 is 11.8 Å². The van der Waals surface area contributed by atoms with Crippen molar-refractivity contribution in [2.24, 2.45) is 0 Å². The second-order valence-corrected chi connectivity index (χ2v) is 3.18. The lowest BCUT2D eigenvalue weighted by molar-refractivity contribution is 0.947. The largest absolute Gasteiger partial charge is 0.345 e. The molecule has 1 N–H and O–H groups in total. The van der Waals surface area contributed by atoms with Gasteiger partial charge in [-0.2, -0.15) is 0 Å². The Balaban J connectivity index is 2.91. The number of hydrogen-bond acceptors (Lipinski definition) is 3. The van der Waals surface area contributed by atoms with E-state index in [-0.39, 0.29) is 5.69 Å². The van der Waals surface area contributed by atoms with Crippen molar-refractivity contribution in [1.82, 2.24) is 9.97 Å². The van der Waals surface area contributed by atoms with E-state index in [0.717, 1.165) is 10.6 Å². The number of nitrogens with one attached hydrogen (secondary N) is 1. The normalized spacial score (nSPS) is 9.33. The molecule has 0 saturated carbocycles. The predicted octanol–water partition coefficient (Wildman–Crippen LogP) is 0.804. The first kappa shape index (κ1) is 8.88. The van der Waals surface area contributed by atoms with Crippen LogP contribution in [-0.2, 0) is 0 Å². The molecule has 0 spiro atoms. The molecule has 0 unspecified atom stereocenters. The minimum atomic E-state index is -0.333. The van der Waals surface area contributed by atoms with Gasteiger partial charge in [0.25, 0.3) is 0 Å². The molecule has 0 saturated heterocycles. The fraction of sp³-hybridized carbons (Fsp3) is 0.250. The maximum atomic E-state index is 10.8. The van der Waals surface area contributed by atoms with Gasteiger partial charge in [-0.05, 0) is 12.5 Å². The molecule has 0 radical (unpaired) electrons. The van der Waals surface area contributed by atoms with Gasteiger partial charge in [0.1, 0.15) is 0 Å². The molecule has 1 aromatic heterocycles. The number of H-pyrrole nitrogens is 1. The van der Waals surface area contributed by atoms with E-state index in [4.69, 9.17) is 6.42 Å². The average Bonchev–Trinajstić information content (AvgIpc) is 2.07. The number of hydrogen-bond donors (Lipinski definition) is 1. The van der Waals surface area contributed by atoms with Crippen molar-refractivity contribution in [2.45, 2.75) is 11.9 Å². The van der Waals surface area contributed by atoms with Gasteiger partial charge in [-0.1, -0.05) is 17.7 Å². The molecule has 0 aliphatic carbocycles. The highest BCUT2D eigenvalue weighted by Crippen LogP contribution is 2.15. The molecular weight excluding hydrogens is 172 g/mol. The Labute approximate surface area is 74.6 Å². The Hall–Kier alpha value is -1.21. The number of aromatic amines is 1. The molecule has 1 aromatic rings. The van der Waals surface area contributed by atoms with E-state index in [1.807, 2.05) is 6.92 Å². The second-order valence-electron chi connectivity index (χ2n) is 2.19. The zero-order valence-electron chi connectivity index (χ0n) is 6.63. The molecule has 0 aliphatic rings. The summed E-state index contributed by atoms with van der Waals surface area (Å²) in [7, 11) is 0. The van der Waals surface area contributed by atoms with E-state index in [9.17, 15) is 4.79 Å². The van der Waals surface area contributed by atoms with Gasteiger partial charge in [0.2, 0.25) is 0 Å². The molecule has 0 bridgehead atoms. The highest BCUT2D eigenvalue weighted by Gasteiger charge is 1.98. The molecule has 0 atom stereocenters. The third-order valence-corrected chi connectivity index (χ3v) is 2.28. The van der Waals surface area contributed by atoms with Crippen LogP contribution in [0.15, 0.2) is 16.0 Å². The smallest absolute Gasteiger partial charge is 0.300 e. The van der Waals surface area contributed by atoms with E-state index < -0.39 is 0 Å². The number of thioether (sulfide) groups is 1. The SMILES string of the molecule is C#CCSc1[nH]c(=O)ncc1C. The Kier molecular flexibility index (Phi) is 2.94. The van der Waals surface area contributed by atoms with Crippen molar-refractivity contribution in [2.75, 3.05) is 5.75 Å². The van der Waals surface area contributed by atoms with Crippen molar-refractivity contribution in [1.29, 1.82) is 0 Å². The van der Waals surface area contributed by atoms with Crippen LogP contribution < -0.4 is 5.69 Å². The first-order valence-corrected chi connectivity index (χ1v) is 4.35. The number of aryl methyl sites for hydroxylation is 1. The van der Waals surface area contributed by atoms with E-state index >= 15 is 0 Å².